The van der Waals surface area contributed by atoms with Crippen LogP contribution in [0.3, 0.4) is 0 Å². The fraction of sp³-hybridized carbons (Fsp3) is 0.200. The lowest BCUT2D eigenvalue weighted by Crippen LogP contribution is -2.36. The van der Waals surface area contributed by atoms with Gasteiger partial charge in [0.15, 0.2) is 0 Å². The monoisotopic (exact) mass is 431 g/mol. The number of rotatable bonds is 7. The number of carbonyl (C=O) groups excluding carboxylic acids is 1. The lowest BCUT2D eigenvalue weighted by atomic mass is 10.0. The Balaban J connectivity index is 1.64. The van der Waals surface area contributed by atoms with Crippen molar-refractivity contribution in [3.8, 4) is 5.75 Å². The van der Waals surface area contributed by atoms with E-state index in [1.807, 2.05) is 79.8 Å². The van der Waals surface area contributed by atoms with Gasteiger partial charge in [-0.3, -0.25) is 9.69 Å². The largest absolute Gasteiger partial charge is 0.497 e. The maximum Gasteiger partial charge on any atom is 0.246 e. The minimum atomic E-state index is -0.477. The zero-order valence-electron chi connectivity index (χ0n) is 17.8. The van der Waals surface area contributed by atoms with E-state index < -0.39 is 6.04 Å². The third-order valence-electron chi connectivity index (χ3n) is 5.39. The molecule has 0 saturated heterocycles. The van der Waals surface area contributed by atoms with Crippen LogP contribution in [0.2, 0.25) is 0 Å². The number of fused-ring (bicyclic) bond motifs is 1. The quantitative estimate of drug-likeness (QED) is 0.409. The van der Waals surface area contributed by atoms with Crippen molar-refractivity contribution < 1.29 is 9.53 Å². The SMILES string of the molecule is COc1cccc(NC(=O)[C@H](c2ccccc2)N(C)[C@@H](C)c2nc3ccccc3s2)c1. The average Bonchev–Trinajstić information content (AvgIpc) is 3.24. The molecule has 0 saturated carbocycles. The van der Waals surface area contributed by atoms with Crippen molar-refractivity contribution in [3.63, 3.8) is 0 Å². The lowest BCUT2D eigenvalue weighted by Gasteiger charge is -2.31. The number of amides is 1. The Morgan fingerprint density at radius 1 is 1.03 bits per heavy atom. The van der Waals surface area contributed by atoms with Gasteiger partial charge in [0.25, 0.3) is 0 Å². The van der Waals surface area contributed by atoms with Crippen LogP contribution in [-0.4, -0.2) is 29.9 Å². The zero-order chi connectivity index (χ0) is 21.8. The van der Waals surface area contributed by atoms with Crippen LogP contribution >= 0.6 is 11.3 Å². The standard InChI is InChI=1S/C25H25N3O2S/c1-17(25-27-21-14-7-8-15-22(21)31-25)28(2)23(18-10-5-4-6-11-18)24(29)26-19-12-9-13-20(16-19)30-3/h4-17,23H,1-3H3,(H,26,29)/t17-,23-/m0/s1. The molecule has 2 atom stereocenters. The summed E-state index contributed by atoms with van der Waals surface area (Å²) in [5.41, 5.74) is 2.62. The second-order valence-electron chi connectivity index (χ2n) is 7.40. The summed E-state index contributed by atoms with van der Waals surface area (Å²) in [4.78, 5) is 20.3. The van der Waals surface area contributed by atoms with E-state index in [1.165, 1.54) is 0 Å². The van der Waals surface area contributed by atoms with Gasteiger partial charge in [-0.25, -0.2) is 4.98 Å². The Bertz CT molecular complexity index is 1140. The second kappa shape index (κ2) is 9.29. The molecule has 0 spiro atoms. The van der Waals surface area contributed by atoms with Crippen molar-refractivity contribution in [2.45, 2.75) is 19.0 Å². The molecule has 31 heavy (non-hydrogen) atoms. The summed E-state index contributed by atoms with van der Waals surface area (Å²) in [6.07, 6.45) is 0. The highest BCUT2D eigenvalue weighted by molar-refractivity contribution is 7.18. The third-order valence-corrected chi connectivity index (χ3v) is 6.59. The number of nitrogens with zero attached hydrogens (tertiary/aromatic N) is 2. The van der Waals surface area contributed by atoms with Crippen molar-refractivity contribution in [2.24, 2.45) is 0 Å². The van der Waals surface area contributed by atoms with E-state index >= 15 is 0 Å². The maximum absolute atomic E-state index is 13.5. The van der Waals surface area contributed by atoms with Crippen molar-refractivity contribution in [3.05, 3.63) is 89.4 Å². The number of aromatic nitrogens is 1. The third kappa shape index (κ3) is 4.60. The molecular weight excluding hydrogens is 406 g/mol. The summed E-state index contributed by atoms with van der Waals surface area (Å²) >= 11 is 1.67. The zero-order valence-corrected chi connectivity index (χ0v) is 18.6. The van der Waals surface area contributed by atoms with Gasteiger partial charge in [-0.1, -0.05) is 48.5 Å². The van der Waals surface area contributed by atoms with Crippen LogP contribution in [0.1, 0.15) is 29.6 Å². The van der Waals surface area contributed by atoms with Crippen molar-refractivity contribution in [1.82, 2.24) is 9.88 Å². The molecule has 1 heterocycles. The molecule has 0 unspecified atom stereocenters. The number of likely N-dealkylation sites (N-methyl/N-ethyl adjacent to an activating group) is 1. The predicted molar refractivity (Wildman–Crippen MR) is 127 cm³/mol. The van der Waals surface area contributed by atoms with E-state index in [2.05, 4.69) is 23.2 Å². The minimum absolute atomic E-state index is 0.0429. The summed E-state index contributed by atoms with van der Waals surface area (Å²) in [6, 6.07) is 24.8. The van der Waals surface area contributed by atoms with E-state index in [4.69, 9.17) is 9.72 Å². The normalized spacial score (nSPS) is 13.2. The first-order valence-electron chi connectivity index (χ1n) is 10.1. The Morgan fingerprint density at radius 2 is 1.77 bits per heavy atom. The highest BCUT2D eigenvalue weighted by Gasteiger charge is 2.30. The fourth-order valence-electron chi connectivity index (χ4n) is 3.58. The second-order valence-corrected chi connectivity index (χ2v) is 8.46. The molecule has 1 aromatic heterocycles. The first kappa shape index (κ1) is 21.0. The summed E-state index contributed by atoms with van der Waals surface area (Å²) in [5.74, 6) is 0.597. The van der Waals surface area contributed by atoms with Gasteiger partial charge in [0.2, 0.25) is 5.91 Å². The molecular formula is C25H25N3O2S. The fourth-order valence-corrected chi connectivity index (χ4v) is 4.66. The molecule has 5 nitrogen and oxygen atoms in total. The number of thiazole rings is 1. The number of anilines is 1. The molecule has 0 fully saturated rings. The van der Waals surface area contributed by atoms with Gasteiger partial charge in [0.05, 0.1) is 23.4 Å². The topological polar surface area (TPSA) is 54.5 Å². The molecule has 1 amide bonds. The van der Waals surface area contributed by atoms with Crippen LogP contribution in [0.15, 0.2) is 78.9 Å². The maximum atomic E-state index is 13.5. The van der Waals surface area contributed by atoms with Crippen LogP contribution in [0, 0.1) is 0 Å². The molecule has 4 aromatic rings. The van der Waals surface area contributed by atoms with Gasteiger partial charge < -0.3 is 10.1 Å². The molecule has 1 N–H and O–H groups in total. The van der Waals surface area contributed by atoms with Crippen LogP contribution in [0.5, 0.6) is 5.75 Å². The van der Waals surface area contributed by atoms with E-state index in [-0.39, 0.29) is 11.9 Å². The van der Waals surface area contributed by atoms with Gasteiger partial charge in [-0.2, -0.15) is 0 Å². The van der Waals surface area contributed by atoms with Crippen molar-refractivity contribution in [2.75, 3.05) is 19.5 Å². The van der Waals surface area contributed by atoms with Gasteiger partial charge in [0.1, 0.15) is 16.8 Å². The number of methoxy groups -OCH3 is 1. The smallest absolute Gasteiger partial charge is 0.246 e. The van der Waals surface area contributed by atoms with Gasteiger partial charge in [-0.05, 0) is 43.8 Å². The Hall–Kier alpha value is -3.22. The molecule has 0 aliphatic rings. The number of nitrogens with one attached hydrogen (secondary N) is 1. The van der Waals surface area contributed by atoms with Crippen LogP contribution in [0.4, 0.5) is 5.69 Å². The molecule has 0 aliphatic carbocycles. The minimum Gasteiger partial charge on any atom is -0.497 e. The Kier molecular flexibility index (Phi) is 6.30. The van der Waals surface area contributed by atoms with Gasteiger partial charge in [0, 0.05) is 11.8 Å². The average molecular weight is 432 g/mol. The van der Waals surface area contributed by atoms with Crippen LogP contribution < -0.4 is 10.1 Å². The van der Waals surface area contributed by atoms with E-state index in [0.29, 0.717) is 11.4 Å². The Morgan fingerprint density at radius 3 is 2.52 bits per heavy atom. The molecule has 158 valence electrons. The first-order valence-corrected chi connectivity index (χ1v) is 11.0. The summed E-state index contributed by atoms with van der Waals surface area (Å²) in [7, 11) is 3.58. The van der Waals surface area contributed by atoms with E-state index in [0.717, 1.165) is 20.8 Å². The van der Waals surface area contributed by atoms with Crippen molar-refractivity contribution in [1.29, 1.82) is 0 Å². The first-order chi connectivity index (χ1) is 15.1. The highest BCUT2D eigenvalue weighted by Crippen LogP contribution is 2.34. The summed E-state index contributed by atoms with van der Waals surface area (Å²) in [5, 5.41) is 4.04. The Labute approximate surface area is 186 Å². The van der Waals surface area contributed by atoms with E-state index in [1.54, 1.807) is 18.4 Å². The highest BCUT2D eigenvalue weighted by atomic mass is 32.1. The van der Waals surface area contributed by atoms with Crippen LogP contribution in [0.25, 0.3) is 10.2 Å². The molecule has 0 bridgehead atoms. The number of hydrogen-bond acceptors (Lipinski definition) is 5. The van der Waals surface area contributed by atoms with E-state index in [9.17, 15) is 4.79 Å². The summed E-state index contributed by atoms with van der Waals surface area (Å²) < 4.78 is 6.43. The summed E-state index contributed by atoms with van der Waals surface area (Å²) in [6.45, 7) is 2.09. The molecule has 6 heteroatoms. The lowest BCUT2D eigenvalue weighted by molar-refractivity contribution is -0.121. The number of carbonyl (C=O) groups is 1. The molecule has 3 aromatic carbocycles. The molecule has 0 radical (unpaired) electrons. The number of para-hydroxylation sites is 1. The van der Waals surface area contributed by atoms with Gasteiger partial charge >= 0.3 is 0 Å². The number of benzene rings is 3. The van der Waals surface area contributed by atoms with Crippen LogP contribution in [-0.2, 0) is 4.79 Å². The number of hydrogen-bond donors (Lipinski definition) is 1. The molecule has 0 aliphatic heterocycles. The van der Waals surface area contributed by atoms with Gasteiger partial charge in [-0.15, -0.1) is 11.3 Å². The number of ether oxygens (including phenoxy) is 1. The predicted octanol–water partition coefficient (Wildman–Crippen LogP) is 5.68. The molecule has 4 rings (SSSR count). The van der Waals surface area contributed by atoms with Crippen molar-refractivity contribution >= 4 is 33.1 Å².